The third-order valence-corrected chi connectivity index (χ3v) is 11.5. The van der Waals surface area contributed by atoms with Gasteiger partial charge in [0.25, 0.3) is 0 Å². The van der Waals surface area contributed by atoms with E-state index in [1.165, 1.54) is 6.77 Å². The van der Waals surface area contributed by atoms with Crippen LogP contribution in [0.4, 0.5) is 0 Å². The Bertz CT molecular complexity index is 691. The van der Waals surface area contributed by atoms with Gasteiger partial charge in [-0.2, -0.15) is 0 Å². The van der Waals surface area contributed by atoms with Gasteiger partial charge in [0.1, 0.15) is 0 Å². The summed E-state index contributed by atoms with van der Waals surface area (Å²) in [6.07, 6.45) is 5.93. The summed E-state index contributed by atoms with van der Waals surface area (Å²) in [6, 6.07) is 13.6. The first-order chi connectivity index (χ1) is 9.29. The normalized spacial score (nSPS) is 13.9. The van der Waals surface area contributed by atoms with E-state index in [2.05, 4.69) is 14.5 Å². The Morgan fingerprint density at radius 3 is 2.42 bits per heavy atom. The zero-order valence-electron chi connectivity index (χ0n) is 10.2. The summed E-state index contributed by atoms with van der Waals surface area (Å²) in [5.41, 5.74) is 0.769. The summed E-state index contributed by atoms with van der Waals surface area (Å²) in [6.45, 7) is 0. The van der Waals surface area contributed by atoms with Gasteiger partial charge in [-0.15, -0.1) is 0 Å². The molecule has 0 fully saturated rings. The summed E-state index contributed by atoms with van der Waals surface area (Å²) < 4.78 is 6.72. The van der Waals surface area contributed by atoms with Crippen molar-refractivity contribution in [3.05, 3.63) is 64.3 Å². The molecule has 2 aromatic rings. The van der Waals surface area contributed by atoms with Crippen molar-refractivity contribution in [2.24, 2.45) is 0 Å². The Kier molecular flexibility index (Phi) is 3.22. The zero-order valence-corrected chi connectivity index (χ0v) is 13.5. The molecule has 1 aromatic heterocycles. The minimum absolute atomic E-state index is 0.281. The van der Waals surface area contributed by atoms with Crippen LogP contribution in [-0.2, 0) is 0 Å². The average Bonchev–Trinajstić information content (AvgIpc) is 3.07. The number of rotatable bonds is 2. The zero-order chi connectivity index (χ0) is 13.2. The predicted molar refractivity (Wildman–Crippen MR) is 75.9 cm³/mol. The molecule has 0 amide bonds. The number of nitriles is 1. The summed E-state index contributed by atoms with van der Waals surface area (Å²) in [5.74, 6) is 0.281. The summed E-state index contributed by atoms with van der Waals surface area (Å²) in [5, 5.41) is 18.6. The Morgan fingerprint density at radius 2 is 1.79 bits per heavy atom. The van der Waals surface area contributed by atoms with Gasteiger partial charge in [-0.1, -0.05) is 0 Å². The number of allylic oxidation sites excluding steroid dienone is 2. The molecular weight excluding hydrogens is 339 g/mol. The van der Waals surface area contributed by atoms with Crippen molar-refractivity contribution >= 4 is 28.2 Å². The third kappa shape index (κ3) is 2.22. The number of hydrogen-bond donors (Lipinski definition) is 1. The monoisotopic (exact) mass is 350 g/mol. The third-order valence-electron chi connectivity index (χ3n) is 3.28. The summed E-state index contributed by atoms with van der Waals surface area (Å²) in [4.78, 5) is 0. The number of benzene rings is 1. The van der Waals surface area contributed by atoms with E-state index in [-0.39, 0.29) is 5.75 Å². The van der Waals surface area contributed by atoms with Gasteiger partial charge in [-0.3, -0.25) is 0 Å². The molecule has 0 spiro atoms. The molecule has 3 nitrogen and oxygen atoms in total. The molecule has 2 heterocycles. The van der Waals surface area contributed by atoms with Gasteiger partial charge in [-0.25, -0.2) is 0 Å². The van der Waals surface area contributed by atoms with Crippen LogP contribution in [0.5, 0.6) is 5.75 Å². The van der Waals surface area contributed by atoms with Crippen LogP contribution in [0.3, 0.4) is 0 Å². The van der Waals surface area contributed by atoms with E-state index in [1.54, 1.807) is 12.1 Å². The van der Waals surface area contributed by atoms with Crippen LogP contribution in [0.1, 0.15) is 0 Å². The van der Waals surface area contributed by atoms with Crippen molar-refractivity contribution in [1.82, 2.24) is 4.57 Å². The Hall–Kier alpha value is -1.86. The fourth-order valence-corrected chi connectivity index (χ4v) is 10.1. The fourth-order valence-electron chi connectivity index (χ4n) is 2.38. The molecule has 0 aliphatic carbocycles. The van der Waals surface area contributed by atoms with E-state index < -0.39 is 21.4 Å². The first-order valence-electron chi connectivity index (χ1n) is 6.04. The van der Waals surface area contributed by atoms with E-state index in [1.807, 2.05) is 42.7 Å². The maximum atomic E-state index is 9.38. The van der Waals surface area contributed by atoms with E-state index in [0.717, 1.165) is 5.57 Å². The van der Waals surface area contributed by atoms with Crippen LogP contribution in [0.2, 0.25) is 0 Å². The maximum absolute atomic E-state index is 9.38. The van der Waals surface area contributed by atoms with Gasteiger partial charge < -0.3 is 0 Å². The molecule has 0 saturated heterocycles. The molecule has 1 aliphatic heterocycles. The van der Waals surface area contributed by atoms with Crippen LogP contribution in [0, 0.1) is 11.3 Å². The van der Waals surface area contributed by atoms with Crippen molar-refractivity contribution in [2.75, 3.05) is 0 Å². The van der Waals surface area contributed by atoms with Crippen LogP contribution in [-0.4, -0.2) is 31.1 Å². The van der Waals surface area contributed by atoms with Crippen LogP contribution in [0.15, 0.2) is 64.3 Å². The van der Waals surface area contributed by atoms with E-state index in [4.69, 9.17) is 0 Å². The number of aromatic hydroxyl groups is 1. The van der Waals surface area contributed by atoms with Gasteiger partial charge in [0.05, 0.1) is 0 Å². The van der Waals surface area contributed by atoms with Crippen LogP contribution < -0.4 is 3.32 Å². The predicted octanol–water partition coefficient (Wildman–Crippen LogP) is 1.98. The summed E-state index contributed by atoms with van der Waals surface area (Å²) >= 11 is -2.31. The molecule has 0 saturated carbocycles. The molecule has 1 N–H and O–H groups in total. The first kappa shape index (κ1) is 12.2. The fraction of sp³-hybridized carbons (Fsp3) is 0. The van der Waals surface area contributed by atoms with Gasteiger partial charge in [-0.05, 0) is 0 Å². The topological polar surface area (TPSA) is 49.0 Å². The van der Waals surface area contributed by atoms with E-state index in [9.17, 15) is 10.4 Å². The molecule has 0 radical (unpaired) electrons. The molecule has 90 valence electrons. The second-order valence-electron chi connectivity index (χ2n) is 4.43. The van der Waals surface area contributed by atoms with E-state index in [0.29, 0.717) is 0 Å². The van der Waals surface area contributed by atoms with Gasteiger partial charge in [0.2, 0.25) is 0 Å². The molecule has 4 heteroatoms. The van der Waals surface area contributed by atoms with Gasteiger partial charge in [0.15, 0.2) is 0 Å². The molecular formula is C15H11InN2O. The quantitative estimate of drug-likeness (QED) is 0.901. The molecule has 19 heavy (non-hydrogen) atoms. The Morgan fingerprint density at radius 1 is 1.11 bits per heavy atom. The molecule has 0 bridgehead atoms. The van der Waals surface area contributed by atoms with E-state index >= 15 is 0 Å². The second-order valence-corrected chi connectivity index (χ2v) is 11.7. The molecule has 1 aliphatic rings. The standard InChI is InChI=1S/C9H6N2.C6H5O.In/c1-2-9(7-10)8-11-5-3-4-6-11;7-6-4-2-1-3-5-6;/h1-6H;2-5,7H;. The van der Waals surface area contributed by atoms with Crippen molar-refractivity contribution in [1.29, 1.82) is 5.26 Å². The van der Waals surface area contributed by atoms with Crippen LogP contribution >= 0.6 is 0 Å². The van der Waals surface area contributed by atoms with Crippen LogP contribution in [0.25, 0.3) is 3.45 Å². The van der Waals surface area contributed by atoms with Gasteiger partial charge in [0, 0.05) is 0 Å². The van der Waals surface area contributed by atoms with Gasteiger partial charge >= 0.3 is 119 Å². The molecule has 3 rings (SSSR count). The Labute approximate surface area is 119 Å². The number of aromatic nitrogens is 1. The number of hydrogen-bond acceptors (Lipinski definition) is 2. The van der Waals surface area contributed by atoms with Crippen molar-refractivity contribution in [3.63, 3.8) is 0 Å². The first-order valence-corrected chi connectivity index (χ1v) is 11.2. The average molecular weight is 350 g/mol. The SMILES string of the molecule is N#CC1=[C](n2cccc2)[In]([c]2ccc(O)cc2)[CH]=C1. The molecule has 1 aromatic carbocycles. The number of nitrogens with zero attached hydrogens (tertiary/aromatic N) is 2. The molecule has 0 atom stereocenters. The van der Waals surface area contributed by atoms with Crippen molar-refractivity contribution in [3.8, 4) is 11.8 Å². The second kappa shape index (κ2) is 5.02. The van der Waals surface area contributed by atoms with Crippen molar-refractivity contribution in [2.45, 2.75) is 0 Å². The number of phenols is 1. The Balaban J connectivity index is 2.08. The van der Waals surface area contributed by atoms with Crippen molar-refractivity contribution < 1.29 is 5.11 Å². The minimum atomic E-state index is -2.31. The molecule has 0 unspecified atom stereocenters. The summed E-state index contributed by atoms with van der Waals surface area (Å²) in [7, 11) is 0. The number of phenolic OH excluding ortho intramolecular Hbond substituents is 1.